The second-order valence-corrected chi connectivity index (χ2v) is 5.10. The van der Waals surface area contributed by atoms with E-state index < -0.39 is 0 Å². The molecular formula is C15H23NO4. The summed E-state index contributed by atoms with van der Waals surface area (Å²) in [6.07, 6.45) is 7.74. The second kappa shape index (κ2) is 7.94. The summed E-state index contributed by atoms with van der Waals surface area (Å²) < 4.78 is 15.7. The summed E-state index contributed by atoms with van der Waals surface area (Å²) in [5, 5.41) is 0. The Morgan fingerprint density at radius 3 is 2.85 bits per heavy atom. The van der Waals surface area contributed by atoms with Crippen LogP contribution in [0, 0.1) is 0 Å². The molecule has 0 aromatic rings. The summed E-state index contributed by atoms with van der Waals surface area (Å²) in [4.78, 5) is 13.6. The fraction of sp³-hybridized carbons (Fsp3) is 0.667. The Labute approximate surface area is 120 Å². The van der Waals surface area contributed by atoms with Crippen LogP contribution in [0.4, 0.5) is 0 Å². The van der Waals surface area contributed by atoms with Gasteiger partial charge in [0, 0.05) is 24.9 Å². The van der Waals surface area contributed by atoms with Gasteiger partial charge < -0.3 is 19.1 Å². The zero-order valence-electron chi connectivity index (χ0n) is 12.1. The maximum Gasteiger partial charge on any atom is 0.332 e. The van der Waals surface area contributed by atoms with Gasteiger partial charge in [-0.3, -0.25) is 0 Å². The van der Waals surface area contributed by atoms with Gasteiger partial charge in [0.15, 0.2) is 0 Å². The molecule has 0 amide bonds. The van der Waals surface area contributed by atoms with Crippen molar-refractivity contribution in [3.05, 3.63) is 23.6 Å². The molecule has 0 aromatic carbocycles. The number of ether oxygens (including phenoxy) is 3. The molecule has 2 heterocycles. The minimum absolute atomic E-state index is 0.323. The first-order valence-electron chi connectivity index (χ1n) is 7.20. The summed E-state index contributed by atoms with van der Waals surface area (Å²) in [7, 11) is 1.39. The summed E-state index contributed by atoms with van der Waals surface area (Å²) in [5.41, 5.74) is 2.08. The van der Waals surface area contributed by atoms with Gasteiger partial charge in [0.25, 0.3) is 0 Å². The molecule has 5 heteroatoms. The molecule has 0 bridgehead atoms. The molecule has 0 atom stereocenters. The first-order chi connectivity index (χ1) is 9.79. The molecule has 0 aliphatic carbocycles. The van der Waals surface area contributed by atoms with Crippen LogP contribution in [0.1, 0.15) is 25.7 Å². The van der Waals surface area contributed by atoms with Gasteiger partial charge in [-0.25, -0.2) is 4.79 Å². The van der Waals surface area contributed by atoms with Crippen LogP contribution in [0.3, 0.4) is 0 Å². The van der Waals surface area contributed by atoms with Gasteiger partial charge in [-0.15, -0.1) is 0 Å². The van der Waals surface area contributed by atoms with Crippen molar-refractivity contribution in [1.29, 1.82) is 0 Å². The van der Waals surface area contributed by atoms with Crippen molar-refractivity contribution in [2.24, 2.45) is 0 Å². The summed E-state index contributed by atoms with van der Waals surface area (Å²) in [6, 6.07) is 0. The van der Waals surface area contributed by atoms with Gasteiger partial charge in [0.05, 0.1) is 33.2 Å². The van der Waals surface area contributed by atoms with Crippen molar-refractivity contribution < 1.29 is 19.0 Å². The SMILES string of the molecule is COC(=O)/C=C(\COCC1=COCCC1)N1CCCC1. The molecule has 0 aromatic heterocycles. The second-order valence-electron chi connectivity index (χ2n) is 5.10. The quantitative estimate of drug-likeness (QED) is 0.549. The Bertz CT molecular complexity index is 383. The van der Waals surface area contributed by atoms with Crippen molar-refractivity contribution in [1.82, 2.24) is 4.90 Å². The Morgan fingerprint density at radius 2 is 2.20 bits per heavy atom. The molecule has 5 nitrogen and oxygen atoms in total. The van der Waals surface area contributed by atoms with E-state index in [9.17, 15) is 4.79 Å². The molecule has 0 radical (unpaired) electrons. The smallest absolute Gasteiger partial charge is 0.332 e. The van der Waals surface area contributed by atoms with Crippen LogP contribution in [0.2, 0.25) is 0 Å². The molecule has 20 heavy (non-hydrogen) atoms. The van der Waals surface area contributed by atoms with Crippen LogP contribution >= 0.6 is 0 Å². The van der Waals surface area contributed by atoms with E-state index in [1.165, 1.54) is 18.8 Å². The summed E-state index contributed by atoms with van der Waals surface area (Å²) in [6.45, 7) is 3.76. The molecule has 0 unspecified atom stereocenters. The number of hydrogen-bond acceptors (Lipinski definition) is 5. The lowest BCUT2D eigenvalue weighted by Gasteiger charge is -2.22. The zero-order valence-corrected chi connectivity index (χ0v) is 12.1. The molecule has 112 valence electrons. The third-order valence-electron chi connectivity index (χ3n) is 3.55. The fourth-order valence-electron chi connectivity index (χ4n) is 2.43. The fourth-order valence-corrected chi connectivity index (χ4v) is 2.43. The van der Waals surface area contributed by atoms with Crippen LogP contribution in [0.25, 0.3) is 0 Å². The highest BCUT2D eigenvalue weighted by Crippen LogP contribution is 2.17. The Kier molecular flexibility index (Phi) is 5.92. The lowest BCUT2D eigenvalue weighted by molar-refractivity contribution is -0.135. The van der Waals surface area contributed by atoms with Gasteiger partial charge in [0.1, 0.15) is 0 Å². The van der Waals surface area contributed by atoms with Crippen molar-refractivity contribution in [3.8, 4) is 0 Å². The van der Waals surface area contributed by atoms with Gasteiger partial charge in [-0.2, -0.15) is 0 Å². The van der Waals surface area contributed by atoms with Crippen molar-refractivity contribution >= 4 is 5.97 Å². The molecule has 2 rings (SSSR count). The standard InChI is InChI=1S/C15H23NO4/c1-18-15(17)9-14(16-6-2-3-7-16)12-20-11-13-5-4-8-19-10-13/h9-10H,2-8,11-12H2,1H3/b14-9+. The predicted octanol–water partition coefficient (Wildman–Crippen LogP) is 1.85. The highest BCUT2D eigenvalue weighted by atomic mass is 16.5. The number of esters is 1. The Hall–Kier alpha value is -1.49. The summed E-state index contributed by atoms with van der Waals surface area (Å²) in [5.74, 6) is -0.323. The van der Waals surface area contributed by atoms with Crippen LogP contribution in [0.15, 0.2) is 23.6 Å². The normalized spacial score (nSPS) is 19.6. The van der Waals surface area contributed by atoms with Crippen LogP contribution in [-0.4, -0.2) is 50.9 Å². The van der Waals surface area contributed by atoms with Crippen LogP contribution < -0.4 is 0 Å². The number of hydrogen-bond donors (Lipinski definition) is 0. The summed E-state index contributed by atoms with van der Waals surface area (Å²) >= 11 is 0. The molecule has 2 aliphatic heterocycles. The predicted molar refractivity (Wildman–Crippen MR) is 75.0 cm³/mol. The maximum atomic E-state index is 11.4. The molecular weight excluding hydrogens is 258 g/mol. The molecule has 0 saturated carbocycles. The van der Waals surface area contributed by atoms with Crippen LogP contribution in [-0.2, 0) is 19.0 Å². The maximum absolute atomic E-state index is 11.4. The van der Waals surface area contributed by atoms with Gasteiger partial charge in [-0.05, 0) is 31.3 Å². The average molecular weight is 281 g/mol. The van der Waals surface area contributed by atoms with Gasteiger partial charge in [-0.1, -0.05) is 0 Å². The molecule has 0 N–H and O–H groups in total. The minimum Gasteiger partial charge on any atom is -0.501 e. The first-order valence-corrected chi connectivity index (χ1v) is 7.20. The molecule has 2 aliphatic rings. The van der Waals surface area contributed by atoms with Crippen molar-refractivity contribution in [3.63, 3.8) is 0 Å². The van der Waals surface area contributed by atoms with E-state index in [-0.39, 0.29) is 5.97 Å². The van der Waals surface area contributed by atoms with Gasteiger partial charge in [0.2, 0.25) is 0 Å². The van der Waals surface area contributed by atoms with E-state index in [0.717, 1.165) is 51.1 Å². The molecule has 0 spiro atoms. The number of nitrogens with zero attached hydrogens (tertiary/aromatic N) is 1. The number of carbonyl (C=O) groups excluding carboxylic acids is 1. The molecule has 1 saturated heterocycles. The third kappa shape index (κ3) is 4.56. The number of carbonyl (C=O) groups is 1. The van der Waals surface area contributed by atoms with Crippen LogP contribution in [0.5, 0.6) is 0 Å². The van der Waals surface area contributed by atoms with E-state index in [0.29, 0.717) is 13.2 Å². The zero-order chi connectivity index (χ0) is 14.2. The highest BCUT2D eigenvalue weighted by Gasteiger charge is 2.16. The van der Waals surface area contributed by atoms with Gasteiger partial charge >= 0.3 is 5.97 Å². The number of rotatable bonds is 6. The number of likely N-dealkylation sites (tertiary alicyclic amines) is 1. The topological polar surface area (TPSA) is 48.0 Å². The van der Waals surface area contributed by atoms with E-state index in [4.69, 9.17) is 14.2 Å². The Morgan fingerprint density at radius 1 is 1.40 bits per heavy atom. The van der Waals surface area contributed by atoms with E-state index in [1.807, 2.05) is 0 Å². The highest BCUT2D eigenvalue weighted by molar-refractivity contribution is 5.82. The largest absolute Gasteiger partial charge is 0.501 e. The lowest BCUT2D eigenvalue weighted by atomic mass is 10.1. The third-order valence-corrected chi connectivity index (χ3v) is 3.55. The van der Waals surface area contributed by atoms with E-state index in [1.54, 1.807) is 6.26 Å². The Balaban J connectivity index is 1.85. The first kappa shape index (κ1) is 14.9. The van der Waals surface area contributed by atoms with Crippen molar-refractivity contribution in [2.45, 2.75) is 25.7 Å². The molecule has 1 fully saturated rings. The number of methoxy groups -OCH3 is 1. The monoisotopic (exact) mass is 281 g/mol. The van der Waals surface area contributed by atoms with Crippen molar-refractivity contribution in [2.75, 3.05) is 40.0 Å². The van der Waals surface area contributed by atoms with E-state index in [2.05, 4.69) is 4.90 Å². The average Bonchev–Trinajstić information content (AvgIpc) is 3.01. The lowest BCUT2D eigenvalue weighted by Crippen LogP contribution is -2.23. The van der Waals surface area contributed by atoms with E-state index >= 15 is 0 Å². The minimum atomic E-state index is -0.323.